The molecule has 1 aromatic heterocycles. The van der Waals surface area contributed by atoms with Crippen molar-refractivity contribution in [1.29, 1.82) is 0 Å². The van der Waals surface area contributed by atoms with Crippen molar-refractivity contribution in [3.05, 3.63) is 100 Å². The van der Waals surface area contributed by atoms with Crippen molar-refractivity contribution in [1.82, 2.24) is 14.9 Å². The van der Waals surface area contributed by atoms with Gasteiger partial charge in [-0.2, -0.15) is 0 Å². The number of rotatable bonds is 10. The number of aromatic nitrogens is 2. The van der Waals surface area contributed by atoms with Gasteiger partial charge in [-0.3, -0.25) is 4.79 Å². The van der Waals surface area contributed by atoms with Gasteiger partial charge in [-0.1, -0.05) is 64.8 Å². The molecular weight excluding hydrogens is 462 g/mol. The predicted molar refractivity (Wildman–Crippen MR) is 134 cm³/mol. The topological polar surface area (TPSA) is 46.9 Å². The highest BCUT2D eigenvalue weighted by molar-refractivity contribution is 9.10. The summed E-state index contributed by atoms with van der Waals surface area (Å²) in [5.41, 5.74) is 4.32. The summed E-state index contributed by atoms with van der Waals surface area (Å²) < 4.78 is 3.35. The lowest BCUT2D eigenvalue weighted by Gasteiger charge is -2.10. The molecule has 1 heterocycles. The highest BCUT2D eigenvalue weighted by Crippen LogP contribution is 2.19. The van der Waals surface area contributed by atoms with E-state index >= 15 is 0 Å². The maximum atomic E-state index is 12.2. The lowest BCUT2D eigenvalue weighted by Crippen LogP contribution is -2.24. The second-order valence-electron chi connectivity index (χ2n) is 7.98. The number of benzene rings is 3. The van der Waals surface area contributed by atoms with Gasteiger partial charge in [-0.15, -0.1) is 0 Å². The van der Waals surface area contributed by atoms with Crippen LogP contribution in [0.15, 0.2) is 83.3 Å². The number of imidazole rings is 1. The highest BCUT2D eigenvalue weighted by atomic mass is 79.9. The number of hydrogen-bond donors (Lipinski definition) is 1. The van der Waals surface area contributed by atoms with Crippen LogP contribution in [0.1, 0.15) is 41.0 Å². The van der Waals surface area contributed by atoms with Crippen LogP contribution in [0.3, 0.4) is 0 Å². The minimum absolute atomic E-state index is 0.0137. The predicted octanol–water partition coefficient (Wildman–Crippen LogP) is 6.18. The molecule has 1 amide bonds. The van der Waals surface area contributed by atoms with E-state index < -0.39 is 0 Å². The number of hydrogen-bond acceptors (Lipinski definition) is 2. The first-order valence-electron chi connectivity index (χ1n) is 11.2. The molecule has 0 unspecified atom stereocenters. The number of amides is 1. The van der Waals surface area contributed by atoms with Crippen molar-refractivity contribution in [3.8, 4) is 0 Å². The molecule has 1 N–H and O–H groups in total. The van der Waals surface area contributed by atoms with E-state index in [4.69, 9.17) is 4.98 Å². The van der Waals surface area contributed by atoms with Gasteiger partial charge in [0.05, 0.1) is 11.0 Å². The Hall–Kier alpha value is -2.92. The van der Waals surface area contributed by atoms with Gasteiger partial charge in [-0.25, -0.2) is 4.98 Å². The monoisotopic (exact) mass is 489 g/mol. The van der Waals surface area contributed by atoms with Crippen LogP contribution in [0.2, 0.25) is 0 Å². The number of nitrogens with zero attached hydrogens (tertiary/aromatic N) is 2. The first-order valence-corrected chi connectivity index (χ1v) is 12.0. The molecule has 5 heteroatoms. The fourth-order valence-electron chi connectivity index (χ4n) is 3.94. The van der Waals surface area contributed by atoms with E-state index in [1.165, 1.54) is 11.1 Å². The summed E-state index contributed by atoms with van der Waals surface area (Å²) in [6, 6.07) is 26.4. The number of carbonyl (C=O) groups excluding carboxylic acids is 1. The van der Waals surface area contributed by atoms with Crippen molar-refractivity contribution >= 4 is 32.9 Å². The molecule has 4 aromatic rings. The van der Waals surface area contributed by atoms with Gasteiger partial charge in [0, 0.05) is 29.5 Å². The average molecular weight is 490 g/mol. The first kappa shape index (κ1) is 22.3. The minimum Gasteiger partial charge on any atom is -0.352 e. The third-order valence-electron chi connectivity index (χ3n) is 5.67. The number of fused-ring (bicyclic) bond motifs is 1. The summed E-state index contributed by atoms with van der Waals surface area (Å²) in [7, 11) is 0. The Kier molecular flexibility index (Phi) is 7.73. The largest absolute Gasteiger partial charge is 0.352 e. The van der Waals surface area contributed by atoms with Gasteiger partial charge < -0.3 is 9.88 Å². The molecule has 0 radical (unpaired) electrons. The Balaban J connectivity index is 1.28. The summed E-state index contributed by atoms with van der Waals surface area (Å²) in [6.45, 7) is 1.63. The van der Waals surface area contributed by atoms with Crippen LogP contribution in [0.25, 0.3) is 11.0 Å². The second-order valence-corrected chi connectivity index (χ2v) is 8.89. The molecule has 3 aromatic carbocycles. The normalized spacial score (nSPS) is 11.0. The summed E-state index contributed by atoms with van der Waals surface area (Å²) in [5.74, 6) is 1.14. The SMILES string of the molecule is O=C(NCCCCCc1nc2ccccc2n1CCc1ccccc1)c1ccc(Br)cc1. The van der Waals surface area contributed by atoms with Crippen LogP contribution in [-0.4, -0.2) is 22.0 Å². The van der Waals surface area contributed by atoms with Gasteiger partial charge in [0.25, 0.3) is 5.91 Å². The third-order valence-corrected chi connectivity index (χ3v) is 6.20. The third kappa shape index (κ3) is 5.86. The smallest absolute Gasteiger partial charge is 0.251 e. The van der Waals surface area contributed by atoms with Gasteiger partial charge in [-0.05, 0) is 61.2 Å². The van der Waals surface area contributed by atoms with Gasteiger partial charge in [0.1, 0.15) is 5.82 Å². The molecule has 164 valence electrons. The van der Waals surface area contributed by atoms with E-state index in [2.05, 4.69) is 80.4 Å². The number of aryl methyl sites for hydroxylation is 3. The summed E-state index contributed by atoms with van der Waals surface area (Å²) in [4.78, 5) is 17.1. The molecule has 0 fully saturated rings. The van der Waals surface area contributed by atoms with E-state index in [1.807, 2.05) is 24.3 Å². The Labute approximate surface area is 197 Å². The first-order chi connectivity index (χ1) is 15.7. The summed E-state index contributed by atoms with van der Waals surface area (Å²) in [5, 5.41) is 3.01. The Bertz CT molecular complexity index is 1150. The number of para-hydroxylation sites is 2. The zero-order chi connectivity index (χ0) is 22.2. The van der Waals surface area contributed by atoms with E-state index in [-0.39, 0.29) is 5.91 Å². The maximum absolute atomic E-state index is 12.2. The van der Waals surface area contributed by atoms with Crippen molar-refractivity contribution in [2.24, 2.45) is 0 Å². The zero-order valence-electron chi connectivity index (χ0n) is 18.1. The number of nitrogens with one attached hydrogen (secondary N) is 1. The van der Waals surface area contributed by atoms with E-state index in [1.54, 1.807) is 0 Å². The molecule has 0 bridgehead atoms. The van der Waals surface area contributed by atoms with Crippen LogP contribution >= 0.6 is 15.9 Å². The lowest BCUT2D eigenvalue weighted by molar-refractivity contribution is 0.0953. The number of unbranched alkanes of at least 4 members (excludes halogenated alkanes) is 2. The minimum atomic E-state index is -0.0137. The standard InChI is InChI=1S/C27H28BrN3O/c28-23-16-14-22(15-17-23)27(32)29-19-8-2-5-13-26-30-24-11-6-7-12-25(24)31(26)20-18-21-9-3-1-4-10-21/h1,3-4,6-7,9-12,14-17H,2,5,8,13,18-20H2,(H,29,32). The van der Waals surface area contributed by atoms with E-state index in [9.17, 15) is 4.79 Å². The van der Waals surface area contributed by atoms with Crippen molar-refractivity contribution in [2.45, 2.75) is 38.6 Å². The van der Waals surface area contributed by atoms with Gasteiger partial charge in [0.2, 0.25) is 0 Å². The molecule has 4 nitrogen and oxygen atoms in total. The molecule has 0 spiro atoms. The highest BCUT2D eigenvalue weighted by Gasteiger charge is 2.10. The van der Waals surface area contributed by atoms with Crippen molar-refractivity contribution in [2.75, 3.05) is 6.54 Å². The van der Waals surface area contributed by atoms with E-state index in [0.29, 0.717) is 12.1 Å². The molecule has 0 aliphatic carbocycles. The molecule has 0 aliphatic heterocycles. The summed E-state index contributed by atoms with van der Waals surface area (Å²) in [6.07, 6.45) is 5.03. The Morgan fingerprint density at radius 1 is 0.844 bits per heavy atom. The molecule has 0 atom stereocenters. The molecule has 0 saturated carbocycles. The van der Waals surface area contributed by atoms with Crippen LogP contribution < -0.4 is 5.32 Å². The van der Waals surface area contributed by atoms with Crippen LogP contribution in [0.4, 0.5) is 0 Å². The Morgan fingerprint density at radius 3 is 2.41 bits per heavy atom. The zero-order valence-corrected chi connectivity index (χ0v) is 19.7. The van der Waals surface area contributed by atoms with E-state index in [0.717, 1.165) is 54.5 Å². The molecule has 0 aliphatic rings. The quantitative estimate of drug-likeness (QED) is 0.270. The van der Waals surface area contributed by atoms with Gasteiger partial charge in [0.15, 0.2) is 0 Å². The van der Waals surface area contributed by atoms with Crippen LogP contribution in [0, 0.1) is 0 Å². The second kappa shape index (κ2) is 11.1. The van der Waals surface area contributed by atoms with Crippen LogP contribution in [-0.2, 0) is 19.4 Å². The van der Waals surface area contributed by atoms with Gasteiger partial charge >= 0.3 is 0 Å². The fraction of sp³-hybridized carbons (Fsp3) is 0.259. The molecule has 32 heavy (non-hydrogen) atoms. The molecule has 4 rings (SSSR count). The average Bonchev–Trinajstić information content (AvgIpc) is 3.18. The lowest BCUT2D eigenvalue weighted by atomic mass is 10.1. The molecular formula is C27H28BrN3O. The maximum Gasteiger partial charge on any atom is 0.251 e. The van der Waals surface area contributed by atoms with Crippen LogP contribution in [0.5, 0.6) is 0 Å². The molecule has 0 saturated heterocycles. The Morgan fingerprint density at radius 2 is 1.59 bits per heavy atom. The fourth-order valence-corrected chi connectivity index (χ4v) is 4.21. The van der Waals surface area contributed by atoms with Crippen molar-refractivity contribution in [3.63, 3.8) is 0 Å². The number of halogens is 1. The van der Waals surface area contributed by atoms with Crippen molar-refractivity contribution < 1.29 is 4.79 Å². The number of carbonyl (C=O) groups is 1. The summed E-state index contributed by atoms with van der Waals surface area (Å²) >= 11 is 3.39.